The Morgan fingerprint density at radius 2 is 0.616 bits per heavy atom. The summed E-state index contributed by atoms with van der Waals surface area (Å²) < 4.78 is 5.13. The molecule has 0 fully saturated rings. The fourth-order valence-corrected chi connectivity index (χ4v) is 22.9. The van der Waals surface area contributed by atoms with E-state index in [1.54, 1.807) is 0 Å². The number of anilines is 9. The molecule has 2 unspecified atom stereocenters. The number of nitrogens with zero attached hydrogens (tertiary/aromatic N) is 4. The van der Waals surface area contributed by atoms with E-state index in [1.165, 1.54) is 146 Å². The molecule has 2 spiro atoms. The fourth-order valence-electron chi connectivity index (χ4n) is 20.0. The van der Waals surface area contributed by atoms with E-state index in [1.807, 2.05) is 22.7 Å². The predicted molar refractivity (Wildman–Crippen MR) is 471 cm³/mol. The van der Waals surface area contributed by atoms with Crippen LogP contribution in [0.5, 0.6) is 0 Å². The van der Waals surface area contributed by atoms with Gasteiger partial charge in [-0.15, -0.1) is 22.7 Å². The van der Waals surface area contributed by atoms with Crippen molar-refractivity contribution in [2.45, 2.75) is 10.8 Å². The first-order valence-electron chi connectivity index (χ1n) is 38.6. The minimum Gasteiger partial charge on any atom is -0.310 e. The molecule has 24 rings (SSSR count). The quantitative estimate of drug-likeness (QED) is 0.128. The van der Waals surface area contributed by atoms with Gasteiger partial charge in [0, 0.05) is 108 Å². The number of benzene rings is 17. The lowest BCUT2D eigenvalue weighted by atomic mass is 9.73. The Balaban J connectivity index is 0.644. The van der Waals surface area contributed by atoms with Crippen molar-refractivity contribution >= 4 is 127 Å². The van der Waals surface area contributed by atoms with Gasteiger partial charge in [0.2, 0.25) is 0 Å². The van der Waals surface area contributed by atoms with Crippen molar-refractivity contribution < 1.29 is 0 Å². The van der Waals surface area contributed by atoms with Gasteiger partial charge in [0.15, 0.2) is 0 Å². The topological polar surface area (TPSA) is 14.7 Å². The van der Waals surface area contributed by atoms with E-state index >= 15 is 0 Å². The minimum absolute atomic E-state index is 0.602. The lowest BCUT2D eigenvalue weighted by molar-refractivity contribution is 0.810. The van der Waals surface area contributed by atoms with Gasteiger partial charge in [0.25, 0.3) is 0 Å². The first kappa shape index (κ1) is 63.1. The molecule has 0 N–H and O–H groups in total. The molecular weight excluding hydrogens is 1390 g/mol. The summed E-state index contributed by atoms with van der Waals surface area (Å²) >= 11 is 3.91. The average Bonchev–Trinajstić information content (AvgIpc) is 1.50. The Bertz CT molecular complexity index is 7200. The lowest BCUT2D eigenvalue weighted by Gasteiger charge is -2.33. The molecule has 4 aliphatic rings. The van der Waals surface area contributed by atoms with Crippen LogP contribution in [0.25, 0.3) is 114 Å². The smallest absolute Gasteiger partial charge is 0.0820 e. The standard InChI is InChI=1S/C106H66N4S2/c1-6-28-70(29-7-1)107(71-30-8-2-9-31-71)75-51-56-82-80-38-16-21-43-90(80)105(92(82)63-75)95-65-77(54-59-86(95)102-88-42-20-25-48-100(88)111-103(102)105)109(74-36-14-5-15-37-74)96-46-26-27-69-61-67(49-55-79(69)96)68-50-60-98-89(62-68)84-40-18-23-45-97(84)110(98)78-52-57-83-81-39-17-22-44-91(81)106(93(83)66-78)94-64-76(108(72-32-10-3-11-33-72)73-34-12-4-13-35-73)53-58-85(94)101-87-41-19-24-47-99(87)112-104(101)106/h1-66H. The van der Waals surface area contributed by atoms with Crippen LogP contribution in [0.2, 0.25) is 0 Å². The molecule has 4 nitrogen and oxygen atoms in total. The molecule has 0 radical (unpaired) electrons. The summed E-state index contributed by atoms with van der Waals surface area (Å²) in [5, 5.41) is 7.37. The molecule has 0 bridgehead atoms. The number of thiophene rings is 2. The van der Waals surface area contributed by atoms with Crippen LogP contribution in [-0.2, 0) is 10.8 Å². The SMILES string of the molecule is c1ccc(N(c2ccccc2)c2ccc3c(c2)C2(c4ccccc4-3)c3cc(N(c4ccccc4)c4cccc5cc(-c6ccc7c(c6)c6ccccc6n7-c6ccc7c(c6)C6(c8ccccc8-7)c7cc(N(c8ccccc8)c8ccccc8)ccc7-c7c6sc6ccccc76)ccc45)ccc3-c3c2sc2ccccc32)cc1. The first-order chi connectivity index (χ1) is 55.6. The molecule has 0 aliphatic heterocycles. The fraction of sp³-hybridized carbons (Fsp3) is 0.0189. The Morgan fingerprint density at radius 1 is 0.223 bits per heavy atom. The zero-order chi connectivity index (χ0) is 73.3. The second-order valence-corrected chi connectivity index (χ2v) is 32.2. The van der Waals surface area contributed by atoms with Gasteiger partial charge in [-0.25, -0.2) is 0 Å². The summed E-state index contributed by atoms with van der Waals surface area (Å²) in [7, 11) is 0. The maximum Gasteiger partial charge on any atom is 0.0820 e. The third kappa shape index (κ3) is 8.87. The number of fused-ring (bicyclic) bond motifs is 28. The number of aromatic nitrogens is 1. The van der Waals surface area contributed by atoms with Gasteiger partial charge in [-0.2, -0.15) is 0 Å². The summed E-state index contributed by atoms with van der Waals surface area (Å²) in [5.41, 5.74) is 32.8. The van der Waals surface area contributed by atoms with Gasteiger partial charge in [-0.1, -0.05) is 249 Å². The molecule has 3 heterocycles. The third-order valence-electron chi connectivity index (χ3n) is 24.5. The third-order valence-corrected chi connectivity index (χ3v) is 27.1. The zero-order valence-corrected chi connectivity index (χ0v) is 62.3. The molecule has 20 aromatic rings. The first-order valence-corrected chi connectivity index (χ1v) is 40.2. The summed E-state index contributed by atoms with van der Waals surface area (Å²) in [6.45, 7) is 0. The van der Waals surface area contributed by atoms with Crippen molar-refractivity contribution in [3.05, 3.63) is 444 Å². The molecule has 0 amide bonds. The van der Waals surface area contributed by atoms with Gasteiger partial charge in [0.05, 0.1) is 27.6 Å². The highest BCUT2D eigenvalue weighted by Crippen LogP contribution is 2.69. The molecule has 0 saturated carbocycles. The zero-order valence-electron chi connectivity index (χ0n) is 60.7. The van der Waals surface area contributed by atoms with E-state index in [0.29, 0.717) is 0 Å². The van der Waals surface area contributed by atoms with E-state index in [2.05, 4.69) is 420 Å². The van der Waals surface area contributed by atoms with Crippen LogP contribution in [0.15, 0.2) is 400 Å². The molecule has 112 heavy (non-hydrogen) atoms. The second-order valence-electron chi connectivity index (χ2n) is 30.1. The number of rotatable bonds is 11. The number of para-hydroxylation sites is 6. The molecule has 17 aromatic carbocycles. The summed E-state index contributed by atoms with van der Waals surface area (Å²) in [5.74, 6) is 0. The van der Waals surface area contributed by atoms with E-state index in [4.69, 9.17) is 0 Å². The second kappa shape index (κ2) is 24.3. The molecule has 6 heteroatoms. The van der Waals surface area contributed by atoms with Gasteiger partial charge < -0.3 is 19.3 Å². The van der Waals surface area contributed by atoms with Crippen LogP contribution >= 0.6 is 22.7 Å². The Hall–Kier alpha value is -13.9. The van der Waals surface area contributed by atoms with Crippen molar-refractivity contribution in [1.29, 1.82) is 0 Å². The summed E-state index contributed by atoms with van der Waals surface area (Å²) in [6, 6.07) is 150. The Kier molecular flexibility index (Phi) is 13.7. The molecule has 2 atom stereocenters. The van der Waals surface area contributed by atoms with Gasteiger partial charge in [-0.3, -0.25) is 0 Å². The van der Waals surface area contributed by atoms with E-state index < -0.39 is 10.8 Å². The maximum absolute atomic E-state index is 2.55. The monoisotopic (exact) mass is 1460 g/mol. The maximum atomic E-state index is 2.55. The van der Waals surface area contributed by atoms with Gasteiger partial charge in [-0.05, 0) is 235 Å². The van der Waals surface area contributed by atoms with Crippen molar-refractivity contribution in [2.75, 3.05) is 14.7 Å². The summed E-state index contributed by atoms with van der Waals surface area (Å²) in [4.78, 5) is 10.1. The lowest BCUT2D eigenvalue weighted by Crippen LogP contribution is -2.25. The molecule has 4 aliphatic carbocycles. The van der Waals surface area contributed by atoms with E-state index in [9.17, 15) is 0 Å². The highest BCUT2D eigenvalue weighted by atomic mass is 32.1. The van der Waals surface area contributed by atoms with Crippen LogP contribution in [0.1, 0.15) is 43.1 Å². The normalized spacial score (nSPS) is 15.0. The predicted octanol–water partition coefficient (Wildman–Crippen LogP) is 29.1. The summed E-state index contributed by atoms with van der Waals surface area (Å²) in [6.07, 6.45) is 0. The highest BCUT2D eigenvalue weighted by molar-refractivity contribution is 7.20. The minimum atomic E-state index is -0.626. The van der Waals surface area contributed by atoms with Gasteiger partial charge >= 0.3 is 0 Å². The molecule has 522 valence electrons. The van der Waals surface area contributed by atoms with Crippen molar-refractivity contribution in [1.82, 2.24) is 4.57 Å². The molecule has 3 aromatic heterocycles. The highest BCUT2D eigenvalue weighted by Gasteiger charge is 2.56. The number of hydrogen-bond acceptors (Lipinski definition) is 5. The molecular formula is C106H66N4S2. The van der Waals surface area contributed by atoms with Crippen LogP contribution < -0.4 is 14.7 Å². The van der Waals surface area contributed by atoms with Crippen LogP contribution in [0.3, 0.4) is 0 Å². The van der Waals surface area contributed by atoms with Gasteiger partial charge in [0.1, 0.15) is 0 Å². The Morgan fingerprint density at radius 3 is 1.15 bits per heavy atom. The van der Waals surface area contributed by atoms with Crippen molar-refractivity contribution in [3.63, 3.8) is 0 Å². The number of hydrogen-bond donors (Lipinski definition) is 0. The average molecular weight is 1460 g/mol. The van der Waals surface area contributed by atoms with E-state index in [-0.39, 0.29) is 0 Å². The van der Waals surface area contributed by atoms with Crippen molar-refractivity contribution in [2.24, 2.45) is 0 Å². The Labute approximate surface area is 656 Å². The van der Waals surface area contributed by atoms with Crippen LogP contribution in [0.4, 0.5) is 51.2 Å². The van der Waals surface area contributed by atoms with Crippen LogP contribution in [-0.4, -0.2) is 4.57 Å². The largest absolute Gasteiger partial charge is 0.310 e. The van der Waals surface area contributed by atoms with Crippen molar-refractivity contribution in [3.8, 4) is 61.3 Å². The van der Waals surface area contributed by atoms with Crippen LogP contribution in [0, 0.1) is 0 Å². The molecule has 0 saturated heterocycles. The van der Waals surface area contributed by atoms with E-state index in [0.717, 1.165) is 62.4 Å².